The zero-order chi connectivity index (χ0) is 25.9. The van der Waals surface area contributed by atoms with E-state index in [1.807, 2.05) is 38.1 Å². The first-order valence-electron chi connectivity index (χ1n) is 11.7. The normalized spacial score (nSPS) is 11.0. The Morgan fingerprint density at radius 2 is 1.86 bits per heavy atom. The lowest BCUT2D eigenvalue weighted by molar-refractivity contribution is -0.112. The van der Waals surface area contributed by atoms with Crippen LogP contribution in [0.1, 0.15) is 41.5 Å². The zero-order valence-electron chi connectivity index (χ0n) is 21.0. The number of benzene rings is 2. The van der Waals surface area contributed by atoms with Gasteiger partial charge in [-0.25, -0.2) is 0 Å². The number of nitrogens with one attached hydrogen (secondary N) is 1. The first-order chi connectivity index (χ1) is 17.4. The smallest absolute Gasteiger partial charge is 0.268 e. The van der Waals surface area contributed by atoms with Crippen LogP contribution in [0, 0.1) is 25.2 Å². The highest BCUT2D eigenvalue weighted by molar-refractivity contribution is 7.15. The highest BCUT2D eigenvalue weighted by Gasteiger charge is 2.14. The third-order valence-corrected chi connectivity index (χ3v) is 6.14. The molecule has 9 heteroatoms. The van der Waals surface area contributed by atoms with Crippen molar-refractivity contribution >= 4 is 28.5 Å². The number of aromatic nitrogens is 2. The van der Waals surface area contributed by atoms with Crippen molar-refractivity contribution in [3.8, 4) is 23.3 Å². The Balaban J connectivity index is 1.61. The molecule has 3 aromatic rings. The molecule has 0 atom stereocenters. The first kappa shape index (κ1) is 26.7. The summed E-state index contributed by atoms with van der Waals surface area (Å²) in [4.78, 5) is 12.6. The molecule has 0 fully saturated rings. The van der Waals surface area contributed by atoms with E-state index in [2.05, 4.69) is 22.4 Å². The molecule has 36 heavy (non-hydrogen) atoms. The van der Waals surface area contributed by atoms with Crippen LogP contribution in [0.5, 0.6) is 17.2 Å². The van der Waals surface area contributed by atoms with Gasteiger partial charge in [0.25, 0.3) is 5.91 Å². The molecule has 3 rings (SSSR count). The number of hydrogen-bond acceptors (Lipinski definition) is 8. The lowest BCUT2D eigenvalue weighted by Crippen LogP contribution is -2.13. The molecule has 1 heterocycles. The Morgan fingerprint density at radius 3 is 2.58 bits per heavy atom. The summed E-state index contributed by atoms with van der Waals surface area (Å²) in [7, 11) is 1.53. The van der Waals surface area contributed by atoms with Gasteiger partial charge in [0.15, 0.2) is 11.5 Å². The van der Waals surface area contributed by atoms with Gasteiger partial charge in [-0.15, -0.1) is 10.2 Å². The van der Waals surface area contributed by atoms with Crippen molar-refractivity contribution in [1.29, 1.82) is 5.26 Å². The fourth-order valence-electron chi connectivity index (χ4n) is 3.27. The fourth-order valence-corrected chi connectivity index (χ4v) is 4.05. The van der Waals surface area contributed by atoms with Crippen LogP contribution >= 0.6 is 11.3 Å². The number of carbonyl (C=O) groups is 1. The highest BCUT2D eigenvalue weighted by Crippen LogP contribution is 2.29. The van der Waals surface area contributed by atoms with E-state index in [0.29, 0.717) is 35.4 Å². The molecule has 0 bridgehead atoms. The van der Waals surface area contributed by atoms with Crippen molar-refractivity contribution < 1.29 is 19.0 Å². The molecule has 0 spiro atoms. The Bertz CT molecular complexity index is 1260. The van der Waals surface area contributed by atoms with Gasteiger partial charge in [0.2, 0.25) is 5.13 Å². The average molecular weight is 507 g/mol. The van der Waals surface area contributed by atoms with Gasteiger partial charge >= 0.3 is 0 Å². The van der Waals surface area contributed by atoms with E-state index in [1.165, 1.54) is 24.5 Å². The summed E-state index contributed by atoms with van der Waals surface area (Å²) in [5.74, 6) is 1.31. The van der Waals surface area contributed by atoms with Crippen LogP contribution in [0.25, 0.3) is 6.08 Å². The van der Waals surface area contributed by atoms with E-state index >= 15 is 0 Å². The average Bonchev–Trinajstić information content (AvgIpc) is 3.33. The number of amides is 1. The molecule has 2 aromatic carbocycles. The number of methoxy groups -OCH3 is 1. The summed E-state index contributed by atoms with van der Waals surface area (Å²) < 4.78 is 17.1. The van der Waals surface area contributed by atoms with Crippen molar-refractivity contribution in [2.45, 2.75) is 40.0 Å². The van der Waals surface area contributed by atoms with Gasteiger partial charge in [-0.2, -0.15) is 5.26 Å². The van der Waals surface area contributed by atoms with Gasteiger partial charge < -0.3 is 14.2 Å². The van der Waals surface area contributed by atoms with Crippen molar-refractivity contribution in [3.05, 3.63) is 63.7 Å². The minimum atomic E-state index is -0.543. The number of unbranched alkanes of at least 4 members (excludes halogenated alkanes) is 1. The second-order valence-electron chi connectivity index (χ2n) is 8.10. The number of ether oxygens (including phenoxy) is 3. The molecule has 0 saturated heterocycles. The maximum atomic E-state index is 12.6. The summed E-state index contributed by atoms with van der Waals surface area (Å²) in [6.07, 6.45) is 4.37. The molecule has 0 aliphatic rings. The highest BCUT2D eigenvalue weighted by atomic mass is 32.1. The molecule has 0 aliphatic heterocycles. The number of carbonyl (C=O) groups excluding carboxylic acids is 1. The molecule has 1 amide bonds. The molecule has 0 radical (unpaired) electrons. The van der Waals surface area contributed by atoms with Crippen LogP contribution in [-0.4, -0.2) is 36.4 Å². The maximum Gasteiger partial charge on any atom is 0.268 e. The Morgan fingerprint density at radius 1 is 1.08 bits per heavy atom. The molecule has 0 unspecified atom stereocenters. The number of anilines is 1. The minimum absolute atomic E-state index is 0.0575. The number of nitrogens with zero attached hydrogens (tertiary/aromatic N) is 3. The lowest BCUT2D eigenvalue weighted by Gasteiger charge is -2.13. The van der Waals surface area contributed by atoms with Crippen molar-refractivity contribution in [2.75, 3.05) is 25.6 Å². The number of rotatable bonds is 12. The summed E-state index contributed by atoms with van der Waals surface area (Å²) in [6.45, 7) is 6.82. The van der Waals surface area contributed by atoms with E-state index in [1.54, 1.807) is 18.2 Å². The SMILES string of the molecule is CCCCc1nnc(NC(=O)/C(C#N)=C\c2ccc(OCCOc3cc(C)ccc3C)c(OC)c2)s1. The van der Waals surface area contributed by atoms with Gasteiger partial charge in [0.05, 0.1) is 7.11 Å². The van der Waals surface area contributed by atoms with Crippen molar-refractivity contribution in [1.82, 2.24) is 10.2 Å². The molecule has 1 aromatic heterocycles. The number of hydrogen-bond donors (Lipinski definition) is 1. The zero-order valence-corrected chi connectivity index (χ0v) is 21.8. The lowest BCUT2D eigenvalue weighted by atomic mass is 10.1. The molecule has 8 nitrogen and oxygen atoms in total. The van der Waals surface area contributed by atoms with Crippen LogP contribution in [0.15, 0.2) is 42.0 Å². The van der Waals surface area contributed by atoms with Crippen molar-refractivity contribution in [3.63, 3.8) is 0 Å². The summed E-state index contributed by atoms with van der Waals surface area (Å²) in [6, 6.07) is 13.2. The van der Waals surface area contributed by atoms with Crippen LogP contribution < -0.4 is 19.5 Å². The van der Waals surface area contributed by atoms with E-state index in [4.69, 9.17) is 14.2 Å². The maximum absolute atomic E-state index is 12.6. The van der Waals surface area contributed by atoms with Crippen LogP contribution in [-0.2, 0) is 11.2 Å². The van der Waals surface area contributed by atoms with Gasteiger partial charge in [-0.1, -0.05) is 42.9 Å². The van der Waals surface area contributed by atoms with Gasteiger partial charge in [-0.05, 0) is 61.2 Å². The third kappa shape index (κ3) is 7.55. The molecule has 0 saturated carbocycles. The van der Waals surface area contributed by atoms with Gasteiger partial charge in [0.1, 0.15) is 35.6 Å². The largest absolute Gasteiger partial charge is 0.493 e. The minimum Gasteiger partial charge on any atom is -0.493 e. The van der Waals surface area contributed by atoms with Crippen molar-refractivity contribution in [2.24, 2.45) is 0 Å². The van der Waals surface area contributed by atoms with Crippen LogP contribution in [0.2, 0.25) is 0 Å². The quantitative estimate of drug-likeness (QED) is 0.196. The van der Waals surface area contributed by atoms with E-state index < -0.39 is 5.91 Å². The van der Waals surface area contributed by atoms with Crippen LogP contribution in [0.3, 0.4) is 0 Å². The van der Waals surface area contributed by atoms with Gasteiger partial charge in [-0.3, -0.25) is 10.1 Å². The second-order valence-corrected chi connectivity index (χ2v) is 9.17. The fraction of sp³-hybridized carbons (Fsp3) is 0.333. The predicted octanol–water partition coefficient (Wildman–Crippen LogP) is 5.51. The number of nitriles is 1. The second kappa shape index (κ2) is 13.3. The third-order valence-electron chi connectivity index (χ3n) is 5.24. The Hall–Kier alpha value is -3.90. The Labute approximate surface area is 215 Å². The predicted molar refractivity (Wildman–Crippen MR) is 141 cm³/mol. The molecular formula is C27H30N4O4S. The summed E-state index contributed by atoms with van der Waals surface area (Å²) in [5.41, 5.74) is 2.76. The monoisotopic (exact) mass is 506 g/mol. The summed E-state index contributed by atoms with van der Waals surface area (Å²) in [5, 5.41) is 21.5. The molecule has 188 valence electrons. The van der Waals surface area contributed by atoms with E-state index in [0.717, 1.165) is 41.1 Å². The topological polar surface area (TPSA) is 106 Å². The Kier molecular flexibility index (Phi) is 9.83. The van der Waals surface area contributed by atoms with E-state index in [-0.39, 0.29) is 5.57 Å². The standard InChI is InChI=1S/C27H30N4O4S/c1-5-6-7-25-30-31-27(36-25)29-26(32)21(17-28)15-20-10-11-22(24(16-20)33-4)34-12-13-35-23-14-18(2)8-9-19(23)3/h8-11,14-16H,5-7,12-13H2,1-4H3,(H,29,31,32)/b21-15-. The van der Waals surface area contributed by atoms with E-state index in [9.17, 15) is 10.1 Å². The number of aryl methyl sites for hydroxylation is 3. The molecule has 0 aliphatic carbocycles. The first-order valence-corrected chi connectivity index (χ1v) is 12.5. The van der Waals surface area contributed by atoms with Gasteiger partial charge in [0, 0.05) is 6.42 Å². The molecule has 1 N–H and O–H groups in total. The van der Waals surface area contributed by atoms with Crippen LogP contribution in [0.4, 0.5) is 5.13 Å². The summed E-state index contributed by atoms with van der Waals surface area (Å²) >= 11 is 1.32. The molecular weight excluding hydrogens is 476 g/mol.